The summed E-state index contributed by atoms with van der Waals surface area (Å²) in [5.41, 5.74) is 5.18. The Kier molecular flexibility index (Phi) is 3.35. The normalized spacial score (nSPS) is 17.5. The molecule has 19 heavy (non-hydrogen) atoms. The Morgan fingerprint density at radius 1 is 1.47 bits per heavy atom. The average Bonchev–Trinajstić information content (AvgIpc) is 2.95. The minimum absolute atomic E-state index is 0.405. The number of anilines is 1. The molecule has 0 amide bonds. The highest BCUT2D eigenvalue weighted by Gasteiger charge is 2.24. The van der Waals surface area contributed by atoms with Gasteiger partial charge in [0.25, 0.3) is 0 Å². The predicted molar refractivity (Wildman–Crippen MR) is 81.4 cm³/mol. The maximum atomic E-state index is 4.49. The minimum Gasteiger partial charge on any atom is -0.375 e. The zero-order valence-electron chi connectivity index (χ0n) is 11.3. The Bertz CT molecular complexity index is 603. The van der Waals surface area contributed by atoms with Gasteiger partial charge in [-0.05, 0) is 36.5 Å². The topological polar surface area (TPSA) is 29.9 Å². The Morgan fingerprint density at radius 2 is 2.32 bits per heavy atom. The van der Waals surface area contributed by atoms with Crippen LogP contribution in [0.4, 0.5) is 5.69 Å². The van der Waals surface area contributed by atoms with Gasteiger partial charge < -0.3 is 5.32 Å². The molecular weight excluding hydrogens is 302 g/mol. The molecule has 1 aliphatic carbocycles. The summed E-state index contributed by atoms with van der Waals surface area (Å²) in [6.07, 6.45) is 5.32. The highest BCUT2D eigenvalue weighted by atomic mass is 79.9. The van der Waals surface area contributed by atoms with Gasteiger partial charge in [-0.2, -0.15) is 5.10 Å². The fourth-order valence-corrected chi connectivity index (χ4v) is 3.44. The van der Waals surface area contributed by atoms with Crippen molar-refractivity contribution in [2.45, 2.75) is 32.2 Å². The third kappa shape index (κ3) is 2.29. The standard InChI is InChI=1S/C15H18BrN3/c1-3-13-15(9-19(2)18-13)17-14-8-7-10-11(14)5-4-6-12(10)16/h4-6,9,14,17H,3,7-8H2,1-2H3. The van der Waals surface area contributed by atoms with Crippen LogP contribution in [0.2, 0.25) is 0 Å². The average molecular weight is 320 g/mol. The van der Waals surface area contributed by atoms with Crippen LogP contribution < -0.4 is 5.32 Å². The summed E-state index contributed by atoms with van der Waals surface area (Å²) in [6.45, 7) is 2.15. The molecule has 0 saturated carbocycles. The Hall–Kier alpha value is -1.29. The van der Waals surface area contributed by atoms with Crippen LogP contribution in [0.5, 0.6) is 0 Å². The molecule has 0 aliphatic heterocycles. The number of rotatable bonds is 3. The molecule has 1 unspecified atom stereocenters. The van der Waals surface area contributed by atoms with Crippen LogP contribution in [0.3, 0.4) is 0 Å². The van der Waals surface area contributed by atoms with Crippen molar-refractivity contribution >= 4 is 21.6 Å². The molecule has 100 valence electrons. The van der Waals surface area contributed by atoms with Crippen LogP contribution in [0, 0.1) is 0 Å². The van der Waals surface area contributed by atoms with Crippen molar-refractivity contribution in [3.63, 3.8) is 0 Å². The van der Waals surface area contributed by atoms with E-state index in [0.29, 0.717) is 6.04 Å². The lowest BCUT2D eigenvalue weighted by Gasteiger charge is -2.15. The first-order valence-corrected chi connectivity index (χ1v) is 7.54. The third-order valence-electron chi connectivity index (χ3n) is 3.78. The van der Waals surface area contributed by atoms with E-state index in [0.717, 1.165) is 25.0 Å². The molecule has 1 heterocycles. The second-order valence-corrected chi connectivity index (χ2v) is 5.91. The van der Waals surface area contributed by atoms with Crippen molar-refractivity contribution in [1.82, 2.24) is 9.78 Å². The van der Waals surface area contributed by atoms with E-state index < -0.39 is 0 Å². The molecule has 0 fully saturated rings. The lowest BCUT2D eigenvalue weighted by atomic mass is 10.1. The number of nitrogens with zero attached hydrogens (tertiary/aromatic N) is 2. The molecule has 1 atom stereocenters. The van der Waals surface area contributed by atoms with Crippen LogP contribution >= 0.6 is 15.9 Å². The number of fused-ring (bicyclic) bond motifs is 1. The quantitative estimate of drug-likeness (QED) is 0.931. The summed E-state index contributed by atoms with van der Waals surface area (Å²) >= 11 is 3.65. The zero-order chi connectivity index (χ0) is 13.4. The highest BCUT2D eigenvalue weighted by molar-refractivity contribution is 9.10. The van der Waals surface area contributed by atoms with Crippen LogP contribution in [0.15, 0.2) is 28.9 Å². The first-order valence-electron chi connectivity index (χ1n) is 6.75. The lowest BCUT2D eigenvalue weighted by molar-refractivity contribution is 0.746. The third-order valence-corrected chi connectivity index (χ3v) is 4.53. The molecule has 0 bridgehead atoms. The molecule has 2 aromatic rings. The maximum absolute atomic E-state index is 4.49. The van der Waals surface area contributed by atoms with Crippen molar-refractivity contribution in [3.8, 4) is 0 Å². The van der Waals surface area contributed by atoms with E-state index in [4.69, 9.17) is 0 Å². The predicted octanol–water partition coefficient (Wildman–Crippen LogP) is 3.84. The largest absolute Gasteiger partial charge is 0.375 e. The highest BCUT2D eigenvalue weighted by Crippen LogP contribution is 2.37. The maximum Gasteiger partial charge on any atom is 0.0853 e. The smallest absolute Gasteiger partial charge is 0.0853 e. The van der Waals surface area contributed by atoms with Crippen molar-refractivity contribution in [2.24, 2.45) is 7.05 Å². The van der Waals surface area contributed by atoms with E-state index in [9.17, 15) is 0 Å². The number of nitrogens with one attached hydrogen (secondary N) is 1. The van der Waals surface area contributed by atoms with E-state index >= 15 is 0 Å². The Morgan fingerprint density at radius 3 is 3.11 bits per heavy atom. The van der Waals surface area contributed by atoms with Crippen LogP contribution in [-0.4, -0.2) is 9.78 Å². The number of halogens is 1. The summed E-state index contributed by atoms with van der Waals surface area (Å²) in [5, 5.41) is 8.15. The molecule has 1 aromatic carbocycles. The van der Waals surface area contributed by atoms with Gasteiger partial charge in [-0.25, -0.2) is 0 Å². The summed E-state index contributed by atoms with van der Waals surface area (Å²) in [7, 11) is 1.98. The van der Waals surface area contributed by atoms with Gasteiger partial charge in [0.2, 0.25) is 0 Å². The molecule has 1 N–H and O–H groups in total. The van der Waals surface area contributed by atoms with Crippen molar-refractivity contribution in [1.29, 1.82) is 0 Å². The van der Waals surface area contributed by atoms with Gasteiger partial charge in [-0.15, -0.1) is 0 Å². The molecule has 1 aliphatic rings. The van der Waals surface area contributed by atoms with Crippen molar-refractivity contribution in [2.75, 3.05) is 5.32 Å². The summed E-state index contributed by atoms with van der Waals surface area (Å²) in [5.74, 6) is 0. The van der Waals surface area contributed by atoms with E-state index in [1.165, 1.54) is 21.3 Å². The summed E-state index contributed by atoms with van der Waals surface area (Å²) in [6, 6.07) is 6.88. The van der Waals surface area contributed by atoms with Crippen molar-refractivity contribution < 1.29 is 0 Å². The SMILES string of the molecule is CCc1nn(C)cc1NC1CCc2c(Br)cccc21. The molecule has 0 spiro atoms. The van der Waals surface area contributed by atoms with Crippen molar-refractivity contribution in [3.05, 3.63) is 45.7 Å². The molecule has 0 saturated heterocycles. The first-order chi connectivity index (χ1) is 9.19. The molecular formula is C15H18BrN3. The van der Waals surface area contributed by atoms with Gasteiger partial charge in [0.15, 0.2) is 0 Å². The number of aromatic nitrogens is 2. The second-order valence-electron chi connectivity index (χ2n) is 5.06. The monoisotopic (exact) mass is 319 g/mol. The lowest BCUT2D eigenvalue weighted by Crippen LogP contribution is -2.07. The molecule has 3 rings (SSSR count). The summed E-state index contributed by atoms with van der Waals surface area (Å²) < 4.78 is 3.12. The summed E-state index contributed by atoms with van der Waals surface area (Å²) in [4.78, 5) is 0. The van der Waals surface area contributed by atoms with E-state index in [1.54, 1.807) is 0 Å². The van der Waals surface area contributed by atoms with Crippen LogP contribution in [0.1, 0.15) is 36.2 Å². The fraction of sp³-hybridized carbons (Fsp3) is 0.400. The van der Waals surface area contributed by atoms with Gasteiger partial charge >= 0.3 is 0 Å². The van der Waals surface area contributed by atoms with Gasteiger partial charge in [-0.3, -0.25) is 4.68 Å². The van der Waals surface area contributed by atoms with Gasteiger partial charge in [0, 0.05) is 17.7 Å². The molecule has 1 aromatic heterocycles. The van der Waals surface area contributed by atoms with E-state index in [-0.39, 0.29) is 0 Å². The second kappa shape index (κ2) is 5.00. The Labute approximate surface area is 122 Å². The zero-order valence-corrected chi connectivity index (χ0v) is 12.9. The van der Waals surface area contributed by atoms with Gasteiger partial charge in [0.05, 0.1) is 17.4 Å². The molecule has 4 heteroatoms. The van der Waals surface area contributed by atoms with E-state index in [2.05, 4.69) is 57.7 Å². The Balaban J connectivity index is 1.88. The number of aryl methyl sites for hydroxylation is 2. The molecule has 0 radical (unpaired) electrons. The number of hydrogen-bond donors (Lipinski definition) is 1. The minimum atomic E-state index is 0.405. The number of hydrogen-bond acceptors (Lipinski definition) is 2. The first kappa shape index (κ1) is 12.7. The number of benzene rings is 1. The van der Waals surface area contributed by atoms with Crippen LogP contribution in [0.25, 0.3) is 0 Å². The fourth-order valence-electron chi connectivity index (χ4n) is 2.86. The molecule has 3 nitrogen and oxygen atoms in total. The van der Waals surface area contributed by atoms with Gasteiger partial charge in [0.1, 0.15) is 0 Å². The van der Waals surface area contributed by atoms with Gasteiger partial charge in [-0.1, -0.05) is 35.0 Å². The van der Waals surface area contributed by atoms with Crippen LogP contribution in [-0.2, 0) is 19.9 Å². The van der Waals surface area contributed by atoms with E-state index in [1.807, 2.05) is 11.7 Å².